The third kappa shape index (κ3) is 8.96. The highest BCUT2D eigenvalue weighted by molar-refractivity contribution is 5.66. The van der Waals surface area contributed by atoms with Gasteiger partial charge in [-0.25, -0.2) is 0 Å². The first-order valence-electron chi connectivity index (χ1n) is 11.4. The number of hydrogen-bond donors (Lipinski definition) is 4. The number of carboxylic acids is 1. The van der Waals surface area contributed by atoms with Crippen LogP contribution in [0.5, 0.6) is 0 Å². The van der Waals surface area contributed by atoms with E-state index in [4.69, 9.17) is 9.47 Å². The van der Waals surface area contributed by atoms with Crippen LogP contribution in [-0.2, 0) is 14.3 Å². The maximum atomic E-state index is 11.6. The first kappa shape index (κ1) is 28.3. The van der Waals surface area contributed by atoms with E-state index in [9.17, 15) is 35.4 Å². The highest BCUT2D eigenvalue weighted by Crippen LogP contribution is 2.22. The number of carboxylic acid groups (broad SMARTS) is 1. The maximum Gasteiger partial charge on any atom is 0.188 e. The second kappa shape index (κ2) is 14.4. The zero-order valence-corrected chi connectivity index (χ0v) is 19.2. The molecular formula is C20H38N4O9-2. The normalized spacial score (nSPS) is 32.8. The topological polar surface area (TPSA) is 176 Å². The Morgan fingerprint density at radius 1 is 0.909 bits per heavy atom. The summed E-state index contributed by atoms with van der Waals surface area (Å²) in [4.78, 5) is 18.8. The largest absolute Gasteiger partial charge is 0.843 e. The molecule has 0 saturated carbocycles. The van der Waals surface area contributed by atoms with Crippen molar-refractivity contribution in [2.45, 2.75) is 37.6 Å². The first-order valence-corrected chi connectivity index (χ1v) is 11.4. The van der Waals surface area contributed by atoms with Gasteiger partial charge in [0.2, 0.25) is 0 Å². The van der Waals surface area contributed by atoms with E-state index in [1.165, 1.54) is 0 Å². The van der Waals surface area contributed by atoms with E-state index in [2.05, 4.69) is 4.90 Å². The van der Waals surface area contributed by atoms with Crippen molar-refractivity contribution in [2.75, 3.05) is 85.5 Å². The van der Waals surface area contributed by atoms with Crippen LogP contribution in [0, 0.1) is 0 Å². The lowest BCUT2D eigenvalue weighted by Crippen LogP contribution is -2.59. The van der Waals surface area contributed by atoms with Gasteiger partial charge in [0.05, 0.1) is 12.6 Å². The van der Waals surface area contributed by atoms with Crippen molar-refractivity contribution < 1.29 is 44.9 Å². The van der Waals surface area contributed by atoms with Gasteiger partial charge < -0.3 is 54.7 Å². The van der Waals surface area contributed by atoms with Crippen molar-refractivity contribution in [2.24, 2.45) is 0 Å². The minimum Gasteiger partial charge on any atom is -0.843 e. The summed E-state index contributed by atoms with van der Waals surface area (Å²) in [6.07, 6.45) is -6.87. The summed E-state index contributed by atoms with van der Waals surface area (Å²) >= 11 is 0. The summed E-state index contributed by atoms with van der Waals surface area (Å²) in [5.41, 5.74) is 0. The molecule has 0 amide bonds. The lowest BCUT2D eigenvalue weighted by atomic mass is 9.99. The SMILES string of the molecule is CCN1CCN(C[O-])CCN(COC2OC(CO)C(O)C(O)C2O)CCN(CC(=O)[O-])CC1. The zero-order chi connectivity index (χ0) is 24.4. The Labute approximate surface area is 194 Å². The van der Waals surface area contributed by atoms with E-state index in [1.54, 1.807) is 9.80 Å². The summed E-state index contributed by atoms with van der Waals surface area (Å²) in [6.45, 7) is 5.91. The van der Waals surface area contributed by atoms with Crippen molar-refractivity contribution in [1.29, 1.82) is 0 Å². The molecule has 0 spiro atoms. The highest BCUT2D eigenvalue weighted by atomic mass is 16.7. The Kier molecular flexibility index (Phi) is 12.4. The van der Waals surface area contributed by atoms with E-state index in [-0.39, 0.29) is 20.0 Å². The molecule has 2 heterocycles. The van der Waals surface area contributed by atoms with Crippen molar-refractivity contribution in [1.82, 2.24) is 19.6 Å². The molecule has 4 N–H and O–H groups in total. The number of carbonyl (C=O) groups is 1. The molecule has 0 aromatic heterocycles. The van der Waals surface area contributed by atoms with Gasteiger partial charge in [-0.05, 0) is 6.54 Å². The number of ether oxygens (including phenoxy) is 2. The molecule has 2 fully saturated rings. The molecule has 5 unspecified atom stereocenters. The number of aliphatic hydroxyl groups excluding tert-OH is 4. The average molecular weight is 479 g/mol. The molecule has 0 bridgehead atoms. The fraction of sp³-hybridized carbons (Fsp3) is 0.950. The third-order valence-electron chi connectivity index (χ3n) is 6.18. The van der Waals surface area contributed by atoms with Gasteiger partial charge in [-0.1, -0.05) is 13.7 Å². The number of carbonyl (C=O) groups excluding carboxylic acids is 1. The summed E-state index contributed by atoms with van der Waals surface area (Å²) in [5.74, 6) is -1.16. The Morgan fingerprint density at radius 2 is 1.45 bits per heavy atom. The number of hydrogen-bond acceptors (Lipinski definition) is 13. The lowest BCUT2D eigenvalue weighted by Gasteiger charge is -2.40. The number of nitrogens with zero attached hydrogens (tertiary/aromatic N) is 4. The molecule has 33 heavy (non-hydrogen) atoms. The van der Waals surface area contributed by atoms with Gasteiger partial charge in [0.25, 0.3) is 0 Å². The van der Waals surface area contributed by atoms with Gasteiger partial charge in [0.1, 0.15) is 31.1 Å². The second-order valence-electron chi connectivity index (χ2n) is 8.44. The number of aliphatic carboxylic acids is 1. The maximum absolute atomic E-state index is 11.6. The average Bonchev–Trinajstić information content (AvgIpc) is 2.79. The van der Waals surface area contributed by atoms with E-state index in [1.807, 2.05) is 11.8 Å². The number of aliphatic hydroxyl groups is 4. The van der Waals surface area contributed by atoms with Crippen molar-refractivity contribution in [3.63, 3.8) is 0 Å². The van der Waals surface area contributed by atoms with Crippen LogP contribution >= 0.6 is 0 Å². The molecule has 13 heteroatoms. The van der Waals surface area contributed by atoms with Crippen LogP contribution in [0.1, 0.15) is 6.92 Å². The van der Waals surface area contributed by atoms with Crippen LogP contribution in [0.15, 0.2) is 0 Å². The zero-order valence-electron chi connectivity index (χ0n) is 19.2. The summed E-state index contributed by atoms with van der Waals surface area (Å²) in [5, 5.41) is 62.1. The summed E-state index contributed by atoms with van der Waals surface area (Å²) < 4.78 is 11.0. The quantitative estimate of drug-likeness (QED) is 0.260. The van der Waals surface area contributed by atoms with Crippen molar-refractivity contribution in [3.05, 3.63) is 0 Å². The second-order valence-corrected chi connectivity index (χ2v) is 8.44. The van der Waals surface area contributed by atoms with Crippen molar-refractivity contribution in [3.8, 4) is 0 Å². The van der Waals surface area contributed by atoms with E-state index in [0.717, 1.165) is 6.54 Å². The molecule has 5 atom stereocenters. The van der Waals surface area contributed by atoms with Gasteiger partial charge in [0.15, 0.2) is 6.29 Å². The Morgan fingerprint density at radius 3 is 1.97 bits per heavy atom. The van der Waals surface area contributed by atoms with Gasteiger partial charge in [0, 0.05) is 58.9 Å². The molecule has 0 radical (unpaired) electrons. The van der Waals surface area contributed by atoms with Crippen LogP contribution in [0.2, 0.25) is 0 Å². The van der Waals surface area contributed by atoms with Gasteiger partial charge in [-0.15, -0.1) is 0 Å². The number of likely N-dealkylation sites (N-methyl/N-ethyl adjacent to an activating group) is 1. The van der Waals surface area contributed by atoms with Gasteiger partial charge in [-0.3, -0.25) is 9.80 Å². The van der Waals surface area contributed by atoms with Crippen LogP contribution < -0.4 is 10.2 Å². The van der Waals surface area contributed by atoms with Crippen LogP contribution in [0.4, 0.5) is 0 Å². The first-order chi connectivity index (χ1) is 15.8. The van der Waals surface area contributed by atoms with E-state index >= 15 is 0 Å². The Balaban J connectivity index is 2.02. The molecule has 2 saturated heterocycles. The third-order valence-corrected chi connectivity index (χ3v) is 6.18. The fourth-order valence-corrected chi connectivity index (χ4v) is 3.88. The molecule has 2 aliphatic heterocycles. The Hall–Kier alpha value is -0.970. The standard InChI is InChI=1S/C20H39N4O9/c1-2-21-3-5-22(11-16(27)28)6-9-24(10-8-23(13-26)7-4-21)14-32-20-19(31)18(30)17(29)15(12-25)33-20/h15,17-20,25,29-31H,2-14H2,1H3,(H,27,28)/q-1/p-1. The molecule has 2 rings (SSSR count). The van der Waals surface area contributed by atoms with Crippen LogP contribution in [-0.4, -0.2) is 162 Å². The molecule has 0 aliphatic carbocycles. The molecule has 0 aromatic rings. The van der Waals surface area contributed by atoms with E-state index < -0.39 is 43.3 Å². The summed E-state index contributed by atoms with van der Waals surface area (Å²) in [6, 6.07) is 0. The Bertz CT molecular complexity index is 574. The molecule has 0 aromatic carbocycles. The predicted octanol–water partition coefficient (Wildman–Crippen LogP) is -5.93. The minimum absolute atomic E-state index is 0.0321. The predicted molar refractivity (Wildman–Crippen MR) is 111 cm³/mol. The van der Waals surface area contributed by atoms with Gasteiger partial charge >= 0.3 is 0 Å². The smallest absolute Gasteiger partial charge is 0.188 e. The van der Waals surface area contributed by atoms with Crippen LogP contribution in [0.3, 0.4) is 0 Å². The van der Waals surface area contributed by atoms with E-state index in [0.29, 0.717) is 52.4 Å². The van der Waals surface area contributed by atoms with Crippen LogP contribution in [0.25, 0.3) is 0 Å². The number of rotatable bonds is 8. The van der Waals surface area contributed by atoms with Crippen molar-refractivity contribution >= 4 is 5.97 Å². The highest BCUT2D eigenvalue weighted by Gasteiger charge is 2.44. The molecule has 194 valence electrons. The molecule has 13 nitrogen and oxygen atoms in total. The summed E-state index contributed by atoms with van der Waals surface area (Å²) in [7, 11) is 0. The fourth-order valence-electron chi connectivity index (χ4n) is 3.88. The molecular weight excluding hydrogens is 440 g/mol. The lowest BCUT2D eigenvalue weighted by molar-refractivity contribution is -0.401. The minimum atomic E-state index is -1.54. The monoisotopic (exact) mass is 478 g/mol. The van der Waals surface area contributed by atoms with Gasteiger partial charge in [-0.2, -0.15) is 0 Å². The molecule has 2 aliphatic rings.